The summed E-state index contributed by atoms with van der Waals surface area (Å²) < 4.78 is 10.9. The van der Waals surface area contributed by atoms with Crippen LogP contribution in [-0.4, -0.2) is 142 Å². The number of phenols is 1. The van der Waals surface area contributed by atoms with Gasteiger partial charge in [0.2, 0.25) is 0 Å². The minimum atomic E-state index is -2.60. The second-order valence-corrected chi connectivity index (χ2v) is 10.2. The third-order valence-corrected chi connectivity index (χ3v) is 7.40. The van der Waals surface area contributed by atoms with Gasteiger partial charge in [-0.3, -0.25) is 9.59 Å². The van der Waals surface area contributed by atoms with Crippen molar-refractivity contribution in [3.8, 4) is 5.75 Å². The van der Waals surface area contributed by atoms with E-state index in [1.165, 1.54) is 30.3 Å². The number of allylic oxidation sites excluding steroid dienone is 2. The second kappa shape index (κ2) is 12.2. The molecule has 2 aliphatic heterocycles. The fraction of sp³-hybridized carbons (Fsp3) is 0.481. The Balaban J connectivity index is 1.79. The van der Waals surface area contributed by atoms with Gasteiger partial charge in [0.05, 0.1) is 18.8 Å². The van der Waals surface area contributed by atoms with Crippen LogP contribution in [0.3, 0.4) is 0 Å². The van der Waals surface area contributed by atoms with E-state index >= 15 is 0 Å². The molecule has 2 heterocycles. The molecule has 224 valence electrons. The van der Waals surface area contributed by atoms with E-state index in [2.05, 4.69) is 0 Å². The molecule has 4 rings (SSSR count). The van der Waals surface area contributed by atoms with Crippen LogP contribution in [0, 0.1) is 0 Å². The van der Waals surface area contributed by atoms with Gasteiger partial charge in [-0.15, -0.1) is 0 Å². The number of Topliss-reactive ketones (excluding diaryl/α,β-unsaturated/α-hetero) is 1. The molecule has 0 spiro atoms. The molecule has 10 N–H and O–H groups in total. The number of aliphatic hydroxyl groups excluding tert-OH is 8. The van der Waals surface area contributed by atoms with Crippen LogP contribution in [0.5, 0.6) is 5.75 Å². The molecule has 0 unspecified atom stereocenters. The number of carbonyl (C=O) groups is 2. The van der Waals surface area contributed by atoms with Crippen molar-refractivity contribution in [1.29, 1.82) is 0 Å². The molecule has 14 nitrogen and oxygen atoms in total. The first-order valence-electron chi connectivity index (χ1n) is 12.7. The Morgan fingerprint density at radius 3 is 1.95 bits per heavy atom. The Bertz CT molecular complexity index is 1220. The predicted molar refractivity (Wildman–Crippen MR) is 136 cm³/mol. The lowest BCUT2D eigenvalue weighted by molar-refractivity contribution is -0.255. The maximum atomic E-state index is 13.6. The topological polar surface area (TPSA) is 255 Å². The van der Waals surface area contributed by atoms with Crippen molar-refractivity contribution in [3.63, 3.8) is 0 Å². The van der Waals surface area contributed by atoms with E-state index in [-0.39, 0.29) is 5.75 Å². The number of carbonyl (C=O) groups excluding carboxylic acids is 2. The molecule has 0 aromatic heterocycles. The van der Waals surface area contributed by atoms with Crippen LogP contribution in [0.25, 0.3) is 6.08 Å². The largest absolute Gasteiger partial charge is 0.508 e. The fourth-order valence-corrected chi connectivity index (χ4v) is 5.06. The Kier molecular flexibility index (Phi) is 9.22. The number of aromatic hydroxyl groups is 1. The minimum absolute atomic E-state index is 0.0301. The van der Waals surface area contributed by atoms with Crippen LogP contribution in [-0.2, 0) is 19.1 Å². The number of ketones is 2. The quantitative estimate of drug-likeness (QED) is 0.108. The fourth-order valence-electron chi connectivity index (χ4n) is 5.06. The van der Waals surface area contributed by atoms with Crippen molar-refractivity contribution >= 4 is 17.6 Å². The second-order valence-electron chi connectivity index (χ2n) is 10.2. The molecule has 1 aromatic carbocycles. The molecular weight excluding hydrogens is 548 g/mol. The maximum Gasteiger partial charge on any atom is 0.195 e. The SMILES string of the molecule is O=C(/C=C/c1ccc(O)cc1)C1=C[C@@](O)([C@@H]2O[C@H](CO)[C@@H](O)[C@H](O)[C@H]2O)C=C([C@@H]2O[C@H](CO)[C@@H](O)[C@H](O)[C@H]2O)C1=O. The molecule has 1 aliphatic carbocycles. The Labute approximate surface area is 233 Å². The molecule has 0 bridgehead atoms. The molecule has 41 heavy (non-hydrogen) atoms. The number of ether oxygens (including phenoxy) is 2. The average molecular weight is 581 g/mol. The Morgan fingerprint density at radius 2 is 1.37 bits per heavy atom. The van der Waals surface area contributed by atoms with Gasteiger partial charge in [0.25, 0.3) is 0 Å². The van der Waals surface area contributed by atoms with Crippen LogP contribution in [0.2, 0.25) is 0 Å². The Morgan fingerprint density at radius 1 is 0.805 bits per heavy atom. The van der Waals surface area contributed by atoms with E-state index in [1.54, 1.807) is 0 Å². The maximum absolute atomic E-state index is 13.6. The van der Waals surface area contributed by atoms with Gasteiger partial charge in [0.1, 0.15) is 72.4 Å². The van der Waals surface area contributed by atoms with Crippen LogP contribution < -0.4 is 0 Å². The summed E-state index contributed by atoms with van der Waals surface area (Å²) in [6.45, 7) is -1.68. The average Bonchev–Trinajstić information content (AvgIpc) is 2.95. The van der Waals surface area contributed by atoms with Gasteiger partial charge in [-0.25, -0.2) is 0 Å². The van der Waals surface area contributed by atoms with Crippen molar-refractivity contribution in [1.82, 2.24) is 0 Å². The zero-order valence-electron chi connectivity index (χ0n) is 21.4. The van der Waals surface area contributed by atoms with E-state index in [9.17, 15) is 60.7 Å². The highest BCUT2D eigenvalue weighted by Gasteiger charge is 2.55. The summed E-state index contributed by atoms with van der Waals surface area (Å²) in [5.41, 5.74) is -3.46. The van der Waals surface area contributed by atoms with Crippen LogP contribution in [0.1, 0.15) is 5.56 Å². The third-order valence-electron chi connectivity index (χ3n) is 7.40. The van der Waals surface area contributed by atoms with Gasteiger partial charge in [0, 0.05) is 5.57 Å². The standard InChI is InChI=1S/C27H32O14/c28-9-16-19(33)21(35)23(37)25(40-16)14-8-27(39,26-24(38)22(36)20(34)17(10-29)41-26)7-13(18(14)32)15(31)6-3-11-1-4-12(30)5-2-11/h1-8,16-17,19-26,28-30,33-39H,9-10H2/b6-3+/t16-,17-,19-,20-,21+,22+,23-,24-,25+,26-,27+/m1/s1. The van der Waals surface area contributed by atoms with Crippen molar-refractivity contribution in [2.75, 3.05) is 13.2 Å². The zero-order valence-corrected chi connectivity index (χ0v) is 21.4. The lowest BCUT2D eigenvalue weighted by Crippen LogP contribution is -2.65. The lowest BCUT2D eigenvalue weighted by Gasteiger charge is -2.47. The van der Waals surface area contributed by atoms with Gasteiger partial charge in [-0.05, 0) is 35.9 Å². The van der Waals surface area contributed by atoms with Gasteiger partial charge in [-0.2, -0.15) is 0 Å². The van der Waals surface area contributed by atoms with Crippen molar-refractivity contribution < 1.29 is 70.1 Å². The molecule has 0 amide bonds. The van der Waals surface area contributed by atoms with Gasteiger partial charge in [0.15, 0.2) is 11.6 Å². The highest BCUT2D eigenvalue weighted by molar-refractivity contribution is 6.30. The smallest absolute Gasteiger partial charge is 0.195 e. The van der Waals surface area contributed by atoms with E-state index in [1.807, 2.05) is 0 Å². The van der Waals surface area contributed by atoms with Gasteiger partial charge < -0.3 is 60.5 Å². The van der Waals surface area contributed by atoms with Crippen LogP contribution in [0.15, 0.2) is 53.6 Å². The lowest BCUT2D eigenvalue weighted by atomic mass is 9.75. The first-order valence-corrected chi connectivity index (χ1v) is 12.7. The summed E-state index contributed by atoms with van der Waals surface area (Å²) >= 11 is 0. The van der Waals surface area contributed by atoms with Crippen molar-refractivity contribution in [2.24, 2.45) is 0 Å². The van der Waals surface area contributed by atoms with E-state index in [0.717, 1.165) is 18.2 Å². The molecule has 2 fully saturated rings. The third kappa shape index (κ3) is 5.90. The van der Waals surface area contributed by atoms with E-state index in [0.29, 0.717) is 5.56 Å². The summed E-state index contributed by atoms with van der Waals surface area (Å²) in [6, 6.07) is 5.65. The first kappa shape index (κ1) is 31.1. The van der Waals surface area contributed by atoms with Crippen molar-refractivity contribution in [2.45, 2.75) is 66.6 Å². The van der Waals surface area contributed by atoms with E-state index < -0.39 is 103 Å². The van der Waals surface area contributed by atoms with E-state index in [4.69, 9.17) is 9.47 Å². The van der Waals surface area contributed by atoms with Crippen LogP contribution >= 0.6 is 0 Å². The molecule has 2 saturated heterocycles. The number of hydrogen-bond donors (Lipinski definition) is 10. The summed E-state index contributed by atoms with van der Waals surface area (Å²) in [4.78, 5) is 26.8. The van der Waals surface area contributed by atoms with Gasteiger partial charge in [-0.1, -0.05) is 18.2 Å². The molecule has 3 aliphatic rings. The Hall–Kier alpha value is -2.86. The molecule has 0 radical (unpaired) electrons. The zero-order chi connectivity index (χ0) is 30.2. The normalized spacial score (nSPS) is 39.9. The monoisotopic (exact) mass is 580 g/mol. The van der Waals surface area contributed by atoms with Gasteiger partial charge >= 0.3 is 0 Å². The van der Waals surface area contributed by atoms with Crippen molar-refractivity contribution in [3.05, 3.63) is 59.2 Å². The number of rotatable bonds is 7. The first-order chi connectivity index (χ1) is 19.3. The number of phenolic OH excluding ortho intramolecular Hbond substituents is 1. The molecule has 1 aromatic rings. The summed E-state index contributed by atoms with van der Waals surface area (Å²) in [5.74, 6) is -2.08. The minimum Gasteiger partial charge on any atom is -0.508 e. The summed E-state index contributed by atoms with van der Waals surface area (Å²) in [6.07, 6.45) is -14.2. The predicted octanol–water partition coefficient (Wildman–Crippen LogP) is -4.17. The number of benzene rings is 1. The summed E-state index contributed by atoms with van der Waals surface area (Å²) in [5, 5.41) is 103. The molecule has 11 atom stereocenters. The molecule has 0 saturated carbocycles. The highest BCUT2D eigenvalue weighted by atomic mass is 16.6. The summed E-state index contributed by atoms with van der Waals surface area (Å²) in [7, 11) is 0. The van der Waals surface area contributed by atoms with Crippen LogP contribution in [0.4, 0.5) is 0 Å². The number of hydrogen-bond acceptors (Lipinski definition) is 14. The highest BCUT2D eigenvalue weighted by Crippen LogP contribution is 2.38. The molecule has 14 heteroatoms. The molecular formula is C27H32O14. The number of aliphatic hydroxyl groups is 9.